The second-order valence-electron chi connectivity index (χ2n) is 7.57. The van der Waals surface area contributed by atoms with Crippen LogP contribution in [0.15, 0.2) is 33.9 Å². The Balaban J connectivity index is 1.98. The summed E-state index contributed by atoms with van der Waals surface area (Å²) in [6.45, 7) is 4.42. The molecule has 0 unspecified atom stereocenters. The minimum atomic E-state index is -0.407. The van der Waals surface area contributed by atoms with E-state index in [-0.39, 0.29) is 24.1 Å². The minimum Gasteiger partial charge on any atom is -0.352 e. The molecule has 0 spiro atoms. The molecule has 1 saturated carbocycles. The minimum absolute atomic E-state index is 0.0577. The maximum atomic E-state index is 12.9. The van der Waals surface area contributed by atoms with Crippen LogP contribution in [0.4, 0.5) is 0 Å². The number of nitrogens with one attached hydrogen (secondary N) is 1. The number of carbonyl (C=O) groups is 1. The van der Waals surface area contributed by atoms with Crippen LogP contribution in [0.1, 0.15) is 46.0 Å². The van der Waals surface area contributed by atoms with Gasteiger partial charge in [0, 0.05) is 12.6 Å². The van der Waals surface area contributed by atoms with Crippen molar-refractivity contribution < 1.29 is 4.79 Å². The van der Waals surface area contributed by atoms with Crippen molar-refractivity contribution in [2.45, 2.75) is 65.1 Å². The third kappa shape index (κ3) is 3.89. The lowest BCUT2D eigenvalue weighted by Gasteiger charge is -2.16. The maximum Gasteiger partial charge on any atom is 0.331 e. The summed E-state index contributed by atoms with van der Waals surface area (Å²) in [5, 5.41) is 3.49. The number of fused-ring (bicyclic) bond motifs is 1. The van der Waals surface area contributed by atoms with Crippen LogP contribution >= 0.6 is 0 Å². The molecule has 0 radical (unpaired) electrons. The maximum absolute atomic E-state index is 12.9. The number of rotatable bonds is 6. The fourth-order valence-corrected chi connectivity index (χ4v) is 3.60. The van der Waals surface area contributed by atoms with E-state index in [1.165, 1.54) is 9.13 Å². The van der Waals surface area contributed by atoms with Crippen LogP contribution in [0, 0.1) is 5.92 Å². The van der Waals surface area contributed by atoms with E-state index in [1.807, 2.05) is 0 Å². The fraction of sp³-hybridized carbons (Fsp3) is 0.550. The molecule has 0 saturated heterocycles. The number of aromatic nitrogens is 2. The number of para-hydroxylation sites is 1. The standard InChI is InChI=1S/C20H27N3O3/c1-14(2)11-12-22-19(25)16-9-5-6-10-17(16)23(20(22)26)13-18(24)21-15-7-3-4-8-15/h5-6,9-10,14-15H,3-4,7-8,11-13H2,1-2H3,(H,21,24). The first-order valence-electron chi connectivity index (χ1n) is 9.49. The molecule has 1 aliphatic carbocycles. The Labute approximate surface area is 152 Å². The van der Waals surface area contributed by atoms with Crippen LogP contribution in [0.2, 0.25) is 0 Å². The summed E-state index contributed by atoms with van der Waals surface area (Å²) in [7, 11) is 0. The Kier molecular flexibility index (Phi) is 5.59. The average Bonchev–Trinajstić information content (AvgIpc) is 3.11. The predicted octanol–water partition coefficient (Wildman–Crippen LogP) is 2.27. The van der Waals surface area contributed by atoms with E-state index in [1.54, 1.807) is 24.3 Å². The lowest BCUT2D eigenvalue weighted by molar-refractivity contribution is -0.122. The van der Waals surface area contributed by atoms with Crippen LogP contribution < -0.4 is 16.6 Å². The molecule has 1 aliphatic rings. The first-order chi connectivity index (χ1) is 12.5. The molecule has 6 nitrogen and oxygen atoms in total. The summed E-state index contributed by atoms with van der Waals surface area (Å²) in [5.74, 6) is 0.213. The van der Waals surface area contributed by atoms with E-state index in [2.05, 4.69) is 19.2 Å². The van der Waals surface area contributed by atoms with E-state index in [0.717, 1.165) is 32.1 Å². The van der Waals surface area contributed by atoms with Gasteiger partial charge < -0.3 is 5.32 Å². The van der Waals surface area contributed by atoms with Gasteiger partial charge in [0.1, 0.15) is 6.54 Å². The molecule has 6 heteroatoms. The molecule has 3 rings (SSSR count). The van der Waals surface area contributed by atoms with Gasteiger partial charge in [-0.15, -0.1) is 0 Å². The molecule has 1 fully saturated rings. The van der Waals surface area contributed by atoms with E-state index in [4.69, 9.17) is 0 Å². The van der Waals surface area contributed by atoms with Crippen LogP contribution in [0.3, 0.4) is 0 Å². The Morgan fingerprint density at radius 3 is 2.54 bits per heavy atom. The lowest BCUT2D eigenvalue weighted by atomic mass is 10.1. The molecule has 140 valence electrons. The highest BCUT2D eigenvalue weighted by molar-refractivity contribution is 5.81. The largest absolute Gasteiger partial charge is 0.352 e. The van der Waals surface area contributed by atoms with Crippen LogP contribution in [-0.4, -0.2) is 21.1 Å². The van der Waals surface area contributed by atoms with Gasteiger partial charge in [-0.1, -0.05) is 38.8 Å². The molecule has 0 aliphatic heterocycles. The normalized spacial score (nSPS) is 15.0. The lowest BCUT2D eigenvalue weighted by Crippen LogP contribution is -2.44. The molecule has 26 heavy (non-hydrogen) atoms. The van der Waals surface area contributed by atoms with Crippen LogP contribution in [-0.2, 0) is 17.9 Å². The van der Waals surface area contributed by atoms with E-state index in [9.17, 15) is 14.4 Å². The monoisotopic (exact) mass is 357 g/mol. The zero-order chi connectivity index (χ0) is 18.7. The molecular weight excluding hydrogens is 330 g/mol. The number of carbonyl (C=O) groups excluding carboxylic acids is 1. The van der Waals surface area contributed by atoms with Gasteiger partial charge in [0.2, 0.25) is 5.91 Å². The molecule has 1 heterocycles. The van der Waals surface area contributed by atoms with Crippen molar-refractivity contribution in [2.75, 3.05) is 0 Å². The molecule has 1 aromatic heterocycles. The number of benzene rings is 1. The van der Waals surface area contributed by atoms with E-state index >= 15 is 0 Å². The third-order valence-corrected chi connectivity index (χ3v) is 5.08. The average molecular weight is 357 g/mol. The summed E-state index contributed by atoms with van der Waals surface area (Å²) in [4.78, 5) is 38.1. The zero-order valence-corrected chi connectivity index (χ0v) is 15.5. The Bertz CT molecular complexity index is 905. The van der Waals surface area contributed by atoms with Gasteiger partial charge in [-0.3, -0.25) is 18.7 Å². The highest BCUT2D eigenvalue weighted by atomic mass is 16.2. The zero-order valence-electron chi connectivity index (χ0n) is 15.5. The number of hydrogen-bond donors (Lipinski definition) is 1. The topological polar surface area (TPSA) is 73.1 Å². The number of nitrogens with zero attached hydrogens (tertiary/aromatic N) is 2. The fourth-order valence-electron chi connectivity index (χ4n) is 3.60. The summed E-state index contributed by atoms with van der Waals surface area (Å²) >= 11 is 0. The molecule has 0 bridgehead atoms. The Hall–Kier alpha value is -2.37. The van der Waals surface area contributed by atoms with Crippen molar-refractivity contribution in [2.24, 2.45) is 5.92 Å². The molecule has 1 N–H and O–H groups in total. The summed E-state index contributed by atoms with van der Waals surface area (Å²) in [6, 6.07) is 7.22. The van der Waals surface area contributed by atoms with Gasteiger partial charge in [-0.05, 0) is 37.3 Å². The van der Waals surface area contributed by atoms with E-state index in [0.29, 0.717) is 23.4 Å². The smallest absolute Gasteiger partial charge is 0.331 e. The molecule has 0 atom stereocenters. The molecule has 1 amide bonds. The third-order valence-electron chi connectivity index (χ3n) is 5.08. The van der Waals surface area contributed by atoms with Crippen molar-refractivity contribution in [1.29, 1.82) is 0 Å². The second kappa shape index (κ2) is 7.89. The van der Waals surface area contributed by atoms with Gasteiger partial charge in [0.15, 0.2) is 0 Å². The second-order valence-corrected chi connectivity index (χ2v) is 7.57. The number of amides is 1. The molecular formula is C20H27N3O3. The number of hydrogen-bond acceptors (Lipinski definition) is 3. The van der Waals surface area contributed by atoms with E-state index < -0.39 is 5.69 Å². The van der Waals surface area contributed by atoms with Gasteiger partial charge >= 0.3 is 5.69 Å². The van der Waals surface area contributed by atoms with Crippen molar-refractivity contribution in [3.63, 3.8) is 0 Å². The predicted molar refractivity (Wildman–Crippen MR) is 102 cm³/mol. The quantitative estimate of drug-likeness (QED) is 0.862. The van der Waals surface area contributed by atoms with Crippen molar-refractivity contribution >= 4 is 16.8 Å². The highest BCUT2D eigenvalue weighted by Crippen LogP contribution is 2.17. The highest BCUT2D eigenvalue weighted by Gasteiger charge is 2.19. The summed E-state index contributed by atoms with van der Waals surface area (Å²) in [6.07, 6.45) is 4.99. The first kappa shape index (κ1) is 18.4. The van der Waals surface area contributed by atoms with Crippen LogP contribution in [0.25, 0.3) is 10.9 Å². The van der Waals surface area contributed by atoms with Gasteiger partial charge in [-0.25, -0.2) is 4.79 Å². The van der Waals surface area contributed by atoms with Gasteiger partial charge in [0.05, 0.1) is 10.9 Å². The Morgan fingerprint density at radius 1 is 1.15 bits per heavy atom. The van der Waals surface area contributed by atoms with Gasteiger partial charge in [-0.2, -0.15) is 0 Å². The van der Waals surface area contributed by atoms with Crippen molar-refractivity contribution in [3.8, 4) is 0 Å². The van der Waals surface area contributed by atoms with Crippen LogP contribution in [0.5, 0.6) is 0 Å². The summed E-state index contributed by atoms with van der Waals surface area (Å²) in [5.41, 5.74) is -0.167. The molecule has 2 aromatic rings. The first-order valence-corrected chi connectivity index (χ1v) is 9.49. The SMILES string of the molecule is CC(C)CCn1c(=O)c2ccccc2n(CC(=O)NC2CCCC2)c1=O. The summed E-state index contributed by atoms with van der Waals surface area (Å²) < 4.78 is 2.70. The molecule has 1 aromatic carbocycles. The van der Waals surface area contributed by atoms with Gasteiger partial charge in [0.25, 0.3) is 5.56 Å². The Morgan fingerprint density at radius 2 is 1.85 bits per heavy atom. The van der Waals surface area contributed by atoms with Crippen molar-refractivity contribution in [1.82, 2.24) is 14.5 Å². The van der Waals surface area contributed by atoms with Crippen molar-refractivity contribution in [3.05, 3.63) is 45.1 Å².